The number of nitrogens with zero attached hydrogens (tertiary/aromatic N) is 3. The standard InChI is InChI=1S/C11H13ClN4O2/c1-16(4-9(18)15-7-2-3-7)11-8(5-17)10(12)13-6-14-11/h5-7H,2-4H2,1H3,(H,15,18). The number of aldehydes is 1. The molecule has 1 N–H and O–H groups in total. The fourth-order valence-electron chi connectivity index (χ4n) is 1.56. The Morgan fingerprint density at radius 2 is 2.33 bits per heavy atom. The monoisotopic (exact) mass is 268 g/mol. The van der Waals surface area contributed by atoms with Gasteiger partial charge in [-0.05, 0) is 12.8 Å². The van der Waals surface area contributed by atoms with E-state index in [1.807, 2.05) is 0 Å². The van der Waals surface area contributed by atoms with Gasteiger partial charge in [0.1, 0.15) is 17.3 Å². The SMILES string of the molecule is CN(CC(=O)NC1CC1)c1ncnc(Cl)c1C=O. The van der Waals surface area contributed by atoms with Crippen LogP contribution in [-0.4, -0.2) is 41.8 Å². The lowest BCUT2D eigenvalue weighted by Gasteiger charge is -2.19. The number of anilines is 1. The van der Waals surface area contributed by atoms with Gasteiger partial charge < -0.3 is 10.2 Å². The Hall–Kier alpha value is -1.69. The Morgan fingerprint density at radius 3 is 2.94 bits per heavy atom. The van der Waals surface area contributed by atoms with Crippen LogP contribution in [-0.2, 0) is 4.79 Å². The van der Waals surface area contributed by atoms with Crippen molar-refractivity contribution >= 4 is 29.6 Å². The second-order valence-corrected chi connectivity index (χ2v) is 4.58. The van der Waals surface area contributed by atoms with Crippen LogP contribution in [0.3, 0.4) is 0 Å². The number of amides is 1. The molecular formula is C11H13ClN4O2. The summed E-state index contributed by atoms with van der Waals surface area (Å²) in [4.78, 5) is 31.9. The number of aromatic nitrogens is 2. The first-order valence-electron chi connectivity index (χ1n) is 5.58. The van der Waals surface area contributed by atoms with Crippen LogP contribution in [0, 0.1) is 0 Å². The van der Waals surface area contributed by atoms with Crippen molar-refractivity contribution in [2.45, 2.75) is 18.9 Å². The van der Waals surface area contributed by atoms with E-state index in [2.05, 4.69) is 15.3 Å². The lowest BCUT2D eigenvalue weighted by Crippen LogP contribution is -2.37. The number of carbonyl (C=O) groups excluding carboxylic acids is 2. The van der Waals surface area contributed by atoms with Crippen LogP contribution in [0.15, 0.2) is 6.33 Å². The highest BCUT2D eigenvalue weighted by Gasteiger charge is 2.24. The van der Waals surface area contributed by atoms with Crippen LogP contribution in [0.25, 0.3) is 0 Å². The molecule has 96 valence electrons. The van der Waals surface area contributed by atoms with Crippen LogP contribution in [0.4, 0.5) is 5.82 Å². The molecule has 7 heteroatoms. The molecule has 0 saturated heterocycles. The van der Waals surface area contributed by atoms with Gasteiger partial charge in [0.15, 0.2) is 6.29 Å². The molecule has 0 radical (unpaired) electrons. The molecule has 0 aromatic carbocycles. The second-order valence-electron chi connectivity index (χ2n) is 4.22. The van der Waals surface area contributed by atoms with Crippen LogP contribution < -0.4 is 10.2 Å². The van der Waals surface area contributed by atoms with Gasteiger partial charge in [-0.2, -0.15) is 0 Å². The predicted octanol–water partition coefficient (Wildman–Crippen LogP) is 0.657. The number of carbonyl (C=O) groups is 2. The molecule has 6 nitrogen and oxygen atoms in total. The van der Waals surface area contributed by atoms with Crippen molar-refractivity contribution < 1.29 is 9.59 Å². The minimum Gasteiger partial charge on any atom is -0.352 e. The molecule has 1 amide bonds. The Kier molecular flexibility index (Phi) is 3.76. The number of likely N-dealkylation sites (N-methyl/N-ethyl adjacent to an activating group) is 1. The predicted molar refractivity (Wildman–Crippen MR) is 66.9 cm³/mol. The number of halogens is 1. The van der Waals surface area contributed by atoms with E-state index in [1.54, 1.807) is 11.9 Å². The van der Waals surface area contributed by atoms with E-state index in [4.69, 9.17) is 11.6 Å². The molecule has 1 aromatic heterocycles. The summed E-state index contributed by atoms with van der Waals surface area (Å²) < 4.78 is 0. The van der Waals surface area contributed by atoms with Crippen LogP contribution >= 0.6 is 11.6 Å². The first-order valence-corrected chi connectivity index (χ1v) is 5.95. The topological polar surface area (TPSA) is 75.2 Å². The molecule has 2 rings (SSSR count). The Morgan fingerprint density at radius 1 is 1.61 bits per heavy atom. The summed E-state index contributed by atoms with van der Waals surface area (Å²) in [6, 6.07) is 0.311. The van der Waals surface area contributed by atoms with E-state index < -0.39 is 0 Å². The summed E-state index contributed by atoms with van der Waals surface area (Å²) in [6.07, 6.45) is 3.93. The molecule has 18 heavy (non-hydrogen) atoms. The zero-order valence-electron chi connectivity index (χ0n) is 9.89. The van der Waals surface area contributed by atoms with Gasteiger partial charge in [-0.15, -0.1) is 0 Å². The Balaban J connectivity index is 2.07. The van der Waals surface area contributed by atoms with Gasteiger partial charge in [-0.25, -0.2) is 9.97 Å². The molecule has 1 aromatic rings. The van der Waals surface area contributed by atoms with E-state index in [0.717, 1.165) is 12.8 Å². The first-order chi connectivity index (χ1) is 8.61. The summed E-state index contributed by atoms with van der Waals surface area (Å²) >= 11 is 5.79. The summed E-state index contributed by atoms with van der Waals surface area (Å²) in [5.74, 6) is 0.266. The third-order valence-electron chi connectivity index (χ3n) is 2.62. The maximum absolute atomic E-state index is 11.6. The molecule has 0 aliphatic heterocycles. The highest BCUT2D eigenvalue weighted by Crippen LogP contribution is 2.21. The lowest BCUT2D eigenvalue weighted by molar-refractivity contribution is -0.119. The molecule has 0 unspecified atom stereocenters. The van der Waals surface area contributed by atoms with Gasteiger partial charge in [-0.3, -0.25) is 9.59 Å². The molecule has 1 aliphatic carbocycles. The summed E-state index contributed by atoms with van der Waals surface area (Å²) in [5, 5.41) is 2.95. The van der Waals surface area contributed by atoms with E-state index in [1.165, 1.54) is 6.33 Å². The fraction of sp³-hybridized carbons (Fsp3) is 0.455. The molecular weight excluding hydrogens is 256 g/mol. The lowest BCUT2D eigenvalue weighted by atomic mass is 10.3. The number of hydrogen-bond acceptors (Lipinski definition) is 5. The van der Waals surface area contributed by atoms with Gasteiger partial charge in [-0.1, -0.05) is 11.6 Å². The molecule has 0 atom stereocenters. The smallest absolute Gasteiger partial charge is 0.239 e. The van der Waals surface area contributed by atoms with Gasteiger partial charge in [0.05, 0.1) is 12.1 Å². The first kappa shape index (κ1) is 12.8. The van der Waals surface area contributed by atoms with Crippen molar-refractivity contribution in [1.82, 2.24) is 15.3 Å². The third-order valence-corrected chi connectivity index (χ3v) is 2.92. The van der Waals surface area contributed by atoms with Gasteiger partial charge in [0.25, 0.3) is 0 Å². The third kappa shape index (κ3) is 2.95. The van der Waals surface area contributed by atoms with Crippen LogP contribution in [0.5, 0.6) is 0 Å². The molecule has 1 fully saturated rings. The largest absolute Gasteiger partial charge is 0.352 e. The van der Waals surface area contributed by atoms with E-state index in [0.29, 0.717) is 18.1 Å². The Bertz CT molecular complexity index is 476. The van der Waals surface area contributed by atoms with Crippen molar-refractivity contribution in [2.75, 3.05) is 18.5 Å². The van der Waals surface area contributed by atoms with Crippen molar-refractivity contribution in [1.29, 1.82) is 0 Å². The number of hydrogen-bond donors (Lipinski definition) is 1. The summed E-state index contributed by atoms with van der Waals surface area (Å²) in [5.41, 5.74) is 0.195. The maximum Gasteiger partial charge on any atom is 0.239 e. The van der Waals surface area contributed by atoms with Crippen LogP contribution in [0.2, 0.25) is 5.15 Å². The zero-order chi connectivity index (χ0) is 13.1. The van der Waals surface area contributed by atoms with Gasteiger partial charge in [0.2, 0.25) is 5.91 Å². The molecule has 1 heterocycles. The molecule has 0 bridgehead atoms. The van der Waals surface area contributed by atoms with Crippen molar-refractivity contribution in [2.24, 2.45) is 0 Å². The maximum atomic E-state index is 11.6. The molecule has 1 saturated carbocycles. The Labute approximate surface area is 109 Å². The second kappa shape index (κ2) is 5.30. The zero-order valence-corrected chi connectivity index (χ0v) is 10.6. The average Bonchev–Trinajstić information content (AvgIpc) is 3.12. The normalized spacial score (nSPS) is 14.1. The molecule has 1 aliphatic rings. The van der Waals surface area contributed by atoms with E-state index in [-0.39, 0.29) is 23.2 Å². The number of nitrogens with one attached hydrogen (secondary N) is 1. The highest BCUT2D eigenvalue weighted by molar-refractivity contribution is 6.32. The van der Waals surface area contributed by atoms with Crippen LogP contribution in [0.1, 0.15) is 23.2 Å². The number of rotatable bonds is 5. The molecule has 0 spiro atoms. The average molecular weight is 269 g/mol. The van der Waals surface area contributed by atoms with E-state index >= 15 is 0 Å². The van der Waals surface area contributed by atoms with Crippen molar-refractivity contribution in [3.8, 4) is 0 Å². The highest BCUT2D eigenvalue weighted by atomic mass is 35.5. The minimum absolute atomic E-state index is 0.0875. The fourth-order valence-corrected chi connectivity index (χ4v) is 1.74. The van der Waals surface area contributed by atoms with Gasteiger partial charge in [0, 0.05) is 13.1 Å². The van der Waals surface area contributed by atoms with E-state index in [9.17, 15) is 9.59 Å². The van der Waals surface area contributed by atoms with Crippen molar-refractivity contribution in [3.63, 3.8) is 0 Å². The summed E-state index contributed by atoms with van der Waals surface area (Å²) in [6.45, 7) is 0.130. The summed E-state index contributed by atoms with van der Waals surface area (Å²) in [7, 11) is 1.68. The minimum atomic E-state index is -0.0911. The van der Waals surface area contributed by atoms with Crippen molar-refractivity contribution in [3.05, 3.63) is 17.0 Å². The quantitative estimate of drug-likeness (QED) is 0.627. The van der Waals surface area contributed by atoms with Gasteiger partial charge >= 0.3 is 0 Å².